The maximum Gasteiger partial charge on any atom is -0.0279 e. The molecule has 1 aromatic rings. The zero-order chi connectivity index (χ0) is 13.9. The molecule has 0 atom stereocenters. The Bertz CT molecular complexity index is 307. The van der Waals surface area contributed by atoms with Crippen LogP contribution < -0.4 is 0 Å². The van der Waals surface area contributed by atoms with Gasteiger partial charge in [0, 0.05) is 0 Å². The standard InChI is InChI=1S/C19H32/c1-4-5-7-11-18-13-15-19(16-14-18)12-9-6-8-10-17(2)3/h13-17H,4-12H2,1-3H3. The van der Waals surface area contributed by atoms with Gasteiger partial charge in [0.1, 0.15) is 0 Å². The van der Waals surface area contributed by atoms with E-state index in [2.05, 4.69) is 45.0 Å². The Morgan fingerprint density at radius 2 is 1.26 bits per heavy atom. The van der Waals surface area contributed by atoms with Crippen LogP contribution in [0.25, 0.3) is 0 Å². The first kappa shape index (κ1) is 16.3. The first-order chi connectivity index (χ1) is 9.22. The molecule has 19 heavy (non-hydrogen) atoms. The lowest BCUT2D eigenvalue weighted by Crippen LogP contribution is -1.91. The number of hydrogen-bond donors (Lipinski definition) is 0. The monoisotopic (exact) mass is 260 g/mol. The van der Waals surface area contributed by atoms with Gasteiger partial charge in [-0.25, -0.2) is 0 Å². The van der Waals surface area contributed by atoms with Crippen LogP contribution in [0.2, 0.25) is 0 Å². The molecule has 0 N–H and O–H groups in total. The first-order valence-corrected chi connectivity index (χ1v) is 8.30. The molecule has 0 aliphatic heterocycles. The molecule has 0 radical (unpaired) electrons. The number of unbranched alkanes of at least 4 members (excludes halogenated alkanes) is 4. The fourth-order valence-corrected chi connectivity index (χ4v) is 2.51. The molecule has 0 aromatic heterocycles. The third-order valence-electron chi connectivity index (χ3n) is 3.84. The van der Waals surface area contributed by atoms with Gasteiger partial charge in [0.05, 0.1) is 0 Å². The lowest BCUT2D eigenvalue weighted by atomic mass is 10.0. The summed E-state index contributed by atoms with van der Waals surface area (Å²) in [4.78, 5) is 0. The summed E-state index contributed by atoms with van der Waals surface area (Å²) < 4.78 is 0. The van der Waals surface area contributed by atoms with E-state index in [0.29, 0.717) is 0 Å². The van der Waals surface area contributed by atoms with Crippen LogP contribution in [-0.4, -0.2) is 0 Å². The first-order valence-electron chi connectivity index (χ1n) is 8.30. The van der Waals surface area contributed by atoms with Gasteiger partial charge in [0.15, 0.2) is 0 Å². The van der Waals surface area contributed by atoms with Crippen LogP contribution in [0.15, 0.2) is 24.3 Å². The van der Waals surface area contributed by atoms with Gasteiger partial charge in [-0.15, -0.1) is 0 Å². The van der Waals surface area contributed by atoms with E-state index in [4.69, 9.17) is 0 Å². The minimum absolute atomic E-state index is 0.863. The average molecular weight is 260 g/mol. The highest BCUT2D eigenvalue weighted by molar-refractivity contribution is 5.22. The number of rotatable bonds is 10. The highest BCUT2D eigenvalue weighted by Crippen LogP contribution is 2.13. The molecule has 1 aromatic carbocycles. The topological polar surface area (TPSA) is 0 Å². The minimum Gasteiger partial charge on any atom is -0.0654 e. The Morgan fingerprint density at radius 3 is 1.74 bits per heavy atom. The molecule has 0 saturated carbocycles. The molecular formula is C19H32. The van der Waals surface area contributed by atoms with Crippen molar-refractivity contribution >= 4 is 0 Å². The lowest BCUT2D eigenvalue weighted by Gasteiger charge is -2.06. The maximum atomic E-state index is 2.34. The minimum atomic E-state index is 0.863. The molecule has 0 heterocycles. The van der Waals surface area contributed by atoms with E-state index in [1.54, 1.807) is 0 Å². The highest BCUT2D eigenvalue weighted by Gasteiger charge is 1.97. The number of hydrogen-bond acceptors (Lipinski definition) is 0. The van der Waals surface area contributed by atoms with Crippen LogP contribution in [0, 0.1) is 5.92 Å². The van der Waals surface area contributed by atoms with Crippen LogP contribution in [0.5, 0.6) is 0 Å². The molecule has 0 saturated heterocycles. The van der Waals surface area contributed by atoms with Crippen LogP contribution in [0.1, 0.15) is 76.8 Å². The average Bonchev–Trinajstić information content (AvgIpc) is 2.40. The summed E-state index contributed by atoms with van der Waals surface area (Å²) in [6, 6.07) is 9.34. The van der Waals surface area contributed by atoms with Gasteiger partial charge in [0.25, 0.3) is 0 Å². The van der Waals surface area contributed by atoms with E-state index < -0.39 is 0 Å². The molecule has 0 aliphatic carbocycles. The highest BCUT2D eigenvalue weighted by atomic mass is 14.0. The molecule has 0 amide bonds. The van der Waals surface area contributed by atoms with Gasteiger partial charge in [0.2, 0.25) is 0 Å². The molecule has 0 nitrogen and oxygen atoms in total. The number of benzene rings is 1. The van der Waals surface area contributed by atoms with Gasteiger partial charge in [-0.2, -0.15) is 0 Å². The fourth-order valence-electron chi connectivity index (χ4n) is 2.51. The van der Waals surface area contributed by atoms with E-state index in [9.17, 15) is 0 Å². The van der Waals surface area contributed by atoms with Crippen molar-refractivity contribution in [3.63, 3.8) is 0 Å². The third kappa shape index (κ3) is 8.08. The van der Waals surface area contributed by atoms with Crippen LogP contribution in [0.3, 0.4) is 0 Å². The van der Waals surface area contributed by atoms with Crippen molar-refractivity contribution in [2.45, 2.75) is 78.6 Å². The molecule has 0 spiro atoms. The lowest BCUT2D eigenvalue weighted by molar-refractivity contribution is 0.527. The van der Waals surface area contributed by atoms with E-state index in [1.165, 1.54) is 68.9 Å². The van der Waals surface area contributed by atoms with Crippen LogP contribution in [0.4, 0.5) is 0 Å². The molecule has 0 heteroatoms. The van der Waals surface area contributed by atoms with Crippen molar-refractivity contribution in [2.75, 3.05) is 0 Å². The van der Waals surface area contributed by atoms with Crippen LogP contribution >= 0.6 is 0 Å². The number of aryl methyl sites for hydroxylation is 2. The predicted octanol–water partition coefficient (Wildman–Crippen LogP) is 6.18. The second kappa shape index (κ2) is 10.1. The van der Waals surface area contributed by atoms with Crippen molar-refractivity contribution < 1.29 is 0 Å². The predicted molar refractivity (Wildman–Crippen MR) is 86.7 cm³/mol. The van der Waals surface area contributed by atoms with Gasteiger partial charge in [-0.1, -0.05) is 77.1 Å². The largest absolute Gasteiger partial charge is 0.0654 e. The Labute approximate surface area is 120 Å². The van der Waals surface area contributed by atoms with Crippen molar-refractivity contribution in [3.05, 3.63) is 35.4 Å². The van der Waals surface area contributed by atoms with E-state index in [1.807, 2.05) is 0 Å². The van der Waals surface area contributed by atoms with E-state index >= 15 is 0 Å². The molecule has 0 aliphatic rings. The summed E-state index contributed by atoms with van der Waals surface area (Å²) >= 11 is 0. The molecular weight excluding hydrogens is 228 g/mol. The summed E-state index contributed by atoms with van der Waals surface area (Å²) in [5.74, 6) is 0.863. The van der Waals surface area contributed by atoms with E-state index in [0.717, 1.165) is 5.92 Å². The Balaban J connectivity index is 2.17. The Hall–Kier alpha value is -0.780. The smallest absolute Gasteiger partial charge is 0.0279 e. The molecule has 0 fully saturated rings. The summed E-state index contributed by atoms with van der Waals surface area (Å²) in [6.07, 6.45) is 12.0. The van der Waals surface area contributed by atoms with Crippen molar-refractivity contribution in [1.82, 2.24) is 0 Å². The fraction of sp³-hybridized carbons (Fsp3) is 0.684. The molecule has 0 bridgehead atoms. The quantitative estimate of drug-likeness (QED) is 0.441. The second-order valence-corrected chi connectivity index (χ2v) is 6.27. The second-order valence-electron chi connectivity index (χ2n) is 6.27. The van der Waals surface area contributed by atoms with Crippen molar-refractivity contribution in [2.24, 2.45) is 5.92 Å². The van der Waals surface area contributed by atoms with Crippen molar-refractivity contribution in [1.29, 1.82) is 0 Å². The summed E-state index contributed by atoms with van der Waals surface area (Å²) in [5.41, 5.74) is 3.03. The zero-order valence-electron chi connectivity index (χ0n) is 13.3. The van der Waals surface area contributed by atoms with Crippen LogP contribution in [-0.2, 0) is 12.8 Å². The van der Waals surface area contributed by atoms with Gasteiger partial charge in [-0.3, -0.25) is 0 Å². The normalized spacial score (nSPS) is 11.2. The zero-order valence-corrected chi connectivity index (χ0v) is 13.3. The van der Waals surface area contributed by atoms with Crippen molar-refractivity contribution in [3.8, 4) is 0 Å². The maximum absolute atomic E-state index is 2.34. The van der Waals surface area contributed by atoms with Gasteiger partial charge in [-0.05, 0) is 42.7 Å². The summed E-state index contributed by atoms with van der Waals surface area (Å²) in [7, 11) is 0. The summed E-state index contributed by atoms with van der Waals surface area (Å²) in [5, 5.41) is 0. The van der Waals surface area contributed by atoms with Gasteiger partial charge < -0.3 is 0 Å². The van der Waals surface area contributed by atoms with E-state index in [-0.39, 0.29) is 0 Å². The third-order valence-corrected chi connectivity index (χ3v) is 3.84. The summed E-state index contributed by atoms with van der Waals surface area (Å²) in [6.45, 7) is 6.90. The van der Waals surface area contributed by atoms with Gasteiger partial charge >= 0.3 is 0 Å². The SMILES string of the molecule is CCCCCc1ccc(CCCCCC(C)C)cc1. The molecule has 0 unspecified atom stereocenters. The Morgan fingerprint density at radius 1 is 0.737 bits per heavy atom. The Kier molecular flexibility index (Phi) is 8.62. The molecule has 108 valence electrons. The molecule has 1 rings (SSSR count).